The Balaban J connectivity index is 1.91. The second-order valence-corrected chi connectivity index (χ2v) is 3.45. The van der Waals surface area contributed by atoms with Crippen LogP contribution in [0.1, 0.15) is 21.8 Å². The van der Waals surface area contributed by atoms with Gasteiger partial charge >= 0.3 is 5.97 Å². The highest BCUT2D eigenvalue weighted by molar-refractivity contribution is 5.87. The summed E-state index contributed by atoms with van der Waals surface area (Å²) >= 11 is 0. The van der Waals surface area contributed by atoms with Crippen molar-refractivity contribution in [2.75, 3.05) is 7.11 Å². The highest BCUT2D eigenvalue weighted by Gasteiger charge is 2.14. The van der Waals surface area contributed by atoms with E-state index < -0.39 is 5.97 Å². The number of hydrogen-bond donors (Lipinski definition) is 2. The fourth-order valence-electron chi connectivity index (χ4n) is 1.46. The molecule has 0 unspecified atom stereocenters. The number of ether oxygens (including phenoxy) is 1. The number of aromatic amines is 1. The summed E-state index contributed by atoms with van der Waals surface area (Å²) in [5.74, 6) is -0.224. The van der Waals surface area contributed by atoms with Crippen molar-refractivity contribution < 1.29 is 13.9 Å². The molecule has 2 rings (SSSR count). The number of hydrogen-bond acceptors (Lipinski definition) is 5. The Morgan fingerprint density at radius 3 is 3.12 bits per heavy atom. The Morgan fingerprint density at radius 1 is 1.53 bits per heavy atom. The number of carbonyl (C=O) groups is 1. The second-order valence-electron chi connectivity index (χ2n) is 3.45. The third kappa shape index (κ3) is 2.73. The van der Waals surface area contributed by atoms with Crippen LogP contribution in [0, 0.1) is 0 Å². The van der Waals surface area contributed by atoms with Gasteiger partial charge in [0.05, 0.1) is 13.4 Å². The summed E-state index contributed by atoms with van der Waals surface area (Å²) in [5, 5.41) is 9.85. The summed E-state index contributed by atoms with van der Waals surface area (Å²) in [6.45, 7) is 1.17. The monoisotopic (exact) mass is 235 g/mol. The summed E-state index contributed by atoms with van der Waals surface area (Å²) in [6.07, 6.45) is 3.16. The van der Waals surface area contributed by atoms with E-state index in [9.17, 15) is 4.79 Å². The molecule has 0 bridgehead atoms. The van der Waals surface area contributed by atoms with Crippen LogP contribution in [0.25, 0.3) is 0 Å². The van der Waals surface area contributed by atoms with Gasteiger partial charge in [0.2, 0.25) is 5.76 Å². The van der Waals surface area contributed by atoms with Crippen molar-refractivity contribution in [2.45, 2.75) is 13.1 Å². The maximum absolute atomic E-state index is 11.3. The number of methoxy groups -OCH3 is 1. The number of rotatable bonds is 5. The minimum absolute atomic E-state index is 0.240. The van der Waals surface area contributed by atoms with Gasteiger partial charge in [-0.1, -0.05) is 0 Å². The summed E-state index contributed by atoms with van der Waals surface area (Å²) in [6, 6.07) is 3.62. The van der Waals surface area contributed by atoms with E-state index in [-0.39, 0.29) is 5.76 Å². The smallest absolute Gasteiger partial charge is 0.374 e. The summed E-state index contributed by atoms with van der Waals surface area (Å²) in [5.41, 5.74) is 1.75. The van der Waals surface area contributed by atoms with Gasteiger partial charge in [-0.3, -0.25) is 5.10 Å². The van der Waals surface area contributed by atoms with Crippen molar-refractivity contribution in [1.82, 2.24) is 15.5 Å². The van der Waals surface area contributed by atoms with Crippen molar-refractivity contribution in [3.05, 3.63) is 41.6 Å². The van der Waals surface area contributed by atoms with Crippen LogP contribution in [0.3, 0.4) is 0 Å². The highest BCUT2D eigenvalue weighted by Crippen LogP contribution is 2.11. The van der Waals surface area contributed by atoms with Crippen LogP contribution in [0.2, 0.25) is 0 Å². The molecule has 6 heteroatoms. The lowest BCUT2D eigenvalue weighted by Crippen LogP contribution is -2.15. The van der Waals surface area contributed by atoms with Gasteiger partial charge in [0.25, 0.3) is 0 Å². The lowest BCUT2D eigenvalue weighted by molar-refractivity contribution is 0.0563. The van der Waals surface area contributed by atoms with Gasteiger partial charge in [0.15, 0.2) is 0 Å². The SMILES string of the molecule is COC(=O)c1occc1CNCc1ccn[nH]1. The molecule has 0 fully saturated rings. The summed E-state index contributed by atoms with van der Waals surface area (Å²) in [4.78, 5) is 11.3. The zero-order chi connectivity index (χ0) is 12.1. The standard InChI is InChI=1S/C11H13N3O3/c1-16-11(15)10-8(3-5-17-10)6-12-7-9-2-4-13-14-9/h2-5,12H,6-7H2,1H3,(H,13,14). The van der Waals surface area contributed by atoms with Gasteiger partial charge in [0.1, 0.15) is 0 Å². The van der Waals surface area contributed by atoms with Crippen LogP contribution >= 0.6 is 0 Å². The number of esters is 1. The van der Waals surface area contributed by atoms with E-state index in [4.69, 9.17) is 4.42 Å². The summed E-state index contributed by atoms with van der Waals surface area (Å²) < 4.78 is 9.68. The molecule has 2 N–H and O–H groups in total. The van der Waals surface area contributed by atoms with Crippen LogP contribution in [0.4, 0.5) is 0 Å². The quantitative estimate of drug-likeness (QED) is 0.758. The minimum atomic E-state index is -0.464. The second kappa shape index (κ2) is 5.31. The van der Waals surface area contributed by atoms with Gasteiger partial charge in [-0.2, -0.15) is 5.10 Å². The lowest BCUT2D eigenvalue weighted by Gasteiger charge is -2.02. The molecule has 0 saturated heterocycles. The molecule has 0 aliphatic rings. The van der Waals surface area contributed by atoms with Gasteiger partial charge < -0.3 is 14.5 Å². The maximum Gasteiger partial charge on any atom is 0.374 e. The van der Waals surface area contributed by atoms with Gasteiger partial charge in [-0.05, 0) is 12.1 Å². The Kier molecular flexibility index (Phi) is 3.56. The van der Waals surface area contributed by atoms with E-state index >= 15 is 0 Å². The lowest BCUT2D eigenvalue weighted by atomic mass is 10.2. The molecule has 0 radical (unpaired) electrons. The van der Waals surface area contributed by atoms with Crippen LogP contribution in [0.5, 0.6) is 0 Å². The van der Waals surface area contributed by atoms with Gasteiger partial charge in [-0.25, -0.2) is 4.79 Å². The Labute approximate surface area is 98.0 Å². The third-order valence-electron chi connectivity index (χ3n) is 2.31. The van der Waals surface area contributed by atoms with Gasteiger partial charge in [-0.15, -0.1) is 0 Å². The number of nitrogens with one attached hydrogen (secondary N) is 2. The minimum Gasteiger partial charge on any atom is -0.463 e. The van der Waals surface area contributed by atoms with Crippen molar-refractivity contribution in [3.8, 4) is 0 Å². The van der Waals surface area contributed by atoms with E-state index in [0.717, 1.165) is 11.3 Å². The first-order chi connectivity index (χ1) is 8.31. The highest BCUT2D eigenvalue weighted by atomic mass is 16.5. The molecule has 17 heavy (non-hydrogen) atoms. The van der Waals surface area contributed by atoms with E-state index in [1.165, 1.54) is 13.4 Å². The Hall–Kier alpha value is -2.08. The fraction of sp³-hybridized carbons (Fsp3) is 0.273. The number of carbonyl (C=O) groups excluding carboxylic acids is 1. The summed E-state index contributed by atoms with van der Waals surface area (Å²) in [7, 11) is 1.33. The molecule has 2 aromatic rings. The molecule has 0 amide bonds. The zero-order valence-electron chi connectivity index (χ0n) is 9.40. The molecule has 0 aliphatic carbocycles. The van der Waals surface area contributed by atoms with Crippen LogP contribution in [0.15, 0.2) is 29.0 Å². The van der Waals surface area contributed by atoms with Gasteiger partial charge in [0, 0.05) is 30.5 Å². The van der Waals surface area contributed by atoms with E-state index in [1.54, 1.807) is 12.3 Å². The molecule has 6 nitrogen and oxygen atoms in total. The van der Waals surface area contributed by atoms with Crippen LogP contribution in [-0.2, 0) is 17.8 Å². The van der Waals surface area contributed by atoms with E-state index in [1.807, 2.05) is 6.07 Å². The molecule has 0 aliphatic heterocycles. The topological polar surface area (TPSA) is 80.2 Å². The largest absolute Gasteiger partial charge is 0.463 e. The Bertz CT molecular complexity index is 476. The molecule has 0 saturated carbocycles. The third-order valence-corrected chi connectivity index (χ3v) is 2.31. The molecule has 0 aromatic carbocycles. The average molecular weight is 235 g/mol. The van der Waals surface area contributed by atoms with E-state index in [0.29, 0.717) is 13.1 Å². The predicted octanol–water partition coefficient (Wildman–Crippen LogP) is 1.08. The van der Waals surface area contributed by atoms with Crippen molar-refractivity contribution in [3.63, 3.8) is 0 Å². The number of H-pyrrole nitrogens is 1. The molecular weight excluding hydrogens is 222 g/mol. The molecule has 2 aromatic heterocycles. The molecule has 0 spiro atoms. The first-order valence-electron chi connectivity index (χ1n) is 5.15. The average Bonchev–Trinajstić information content (AvgIpc) is 2.99. The van der Waals surface area contributed by atoms with Crippen molar-refractivity contribution in [1.29, 1.82) is 0 Å². The number of aromatic nitrogens is 2. The van der Waals surface area contributed by atoms with Crippen LogP contribution < -0.4 is 5.32 Å². The maximum atomic E-state index is 11.3. The molecule has 2 heterocycles. The first kappa shape index (κ1) is 11.4. The molecular formula is C11H13N3O3. The normalized spacial score (nSPS) is 10.4. The number of furan rings is 1. The van der Waals surface area contributed by atoms with Crippen molar-refractivity contribution in [2.24, 2.45) is 0 Å². The predicted molar refractivity (Wildman–Crippen MR) is 59.2 cm³/mol. The van der Waals surface area contributed by atoms with Crippen molar-refractivity contribution >= 4 is 5.97 Å². The van der Waals surface area contributed by atoms with Crippen LogP contribution in [-0.4, -0.2) is 23.3 Å². The Morgan fingerprint density at radius 2 is 2.41 bits per heavy atom. The molecule has 0 atom stereocenters. The first-order valence-corrected chi connectivity index (χ1v) is 5.15. The fourth-order valence-corrected chi connectivity index (χ4v) is 1.46. The number of nitrogens with zero attached hydrogens (tertiary/aromatic N) is 1. The molecule has 90 valence electrons. The van der Waals surface area contributed by atoms with E-state index in [2.05, 4.69) is 20.3 Å². The zero-order valence-corrected chi connectivity index (χ0v) is 9.40.